The van der Waals surface area contributed by atoms with Crippen LogP contribution in [-0.4, -0.2) is 59.2 Å². The van der Waals surface area contributed by atoms with Gasteiger partial charge in [0, 0.05) is 26.2 Å². The predicted molar refractivity (Wildman–Crippen MR) is 112 cm³/mol. The molecule has 0 aromatic carbocycles. The zero-order valence-electron chi connectivity index (χ0n) is 17.4. The molecule has 2 fully saturated rings. The van der Waals surface area contributed by atoms with Crippen molar-refractivity contribution in [1.82, 2.24) is 14.7 Å². The molecule has 1 unspecified atom stereocenters. The molecule has 1 aromatic heterocycles. The molecule has 0 spiro atoms. The number of nitrogens with zero attached hydrogens (tertiary/aromatic N) is 3. The van der Waals surface area contributed by atoms with Gasteiger partial charge in [-0.3, -0.25) is 4.79 Å². The summed E-state index contributed by atoms with van der Waals surface area (Å²) < 4.78 is 12.3. The summed E-state index contributed by atoms with van der Waals surface area (Å²) in [4.78, 5) is 26.6. The highest BCUT2D eigenvalue weighted by atomic mass is 35.5. The number of ether oxygens (including phenoxy) is 2. The van der Waals surface area contributed by atoms with E-state index >= 15 is 0 Å². The molecule has 2 saturated heterocycles. The second-order valence-corrected chi connectivity index (χ2v) is 9.16. The average Bonchev–Trinajstić information content (AvgIpc) is 2.69. The quantitative estimate of drug-likeness (QED) is 0.794. The minimum atomic E-state index is -0.521. The monoisotopic (exact) mass is 426 g/mol. The van der Waals surface area contributed by atoms with Crippen molar-refractivity contribution in [2.24, 2.45) is 5.92 Å². The van der Waals surface area contributed by atoms with E-state index in [4.69, 9.17) is 21.1 Å². The largest absolute Gasteiger partial charge is 0.444 e. The Kier molecular flexibility index (Phi) is 7.05. The lowest BCUT2D eigenvalue weighted by Crippen LogP contribution is -2.43. The SMILES string of the molecule is CC(C)(C)OC(=O)N1CCC(n2ncc(NCC3CCCOC3)c(Cl)c2=O)CC1. The first-order chi connectivity index (χ1) is 13.7. The molecule has 1 amide bonds. The molecule has 3 heterocycles. The van der Waals surface area contributed by atoms with E-state index in [1.165, 1.54) is 4.68 Å². The van der Waals surface area contributed by atoms with Gasteiger partial charge in [0.2, 0.25) is 0 Å². The zero-order chi connectivity index (χ0) is 21.0. The molecule has 29 heavy (non-hydrogen) atoms. The van der Waals surface area contributed by atoms with Crippen molar-refractivity contribution in [3.63, 3.8) is 0 Å². The molecule has 162 valence electrons. The highest BCUT2D eigenvalue weighted by Gasteiger charge is 2.29. The van der Waals surface area contributed by atoms with Gasteiger partial charge in [-0.2, -0.15) is 5.10 Å². The highest BCUT2D eigenvalue weighted by molar-refractivity contribution is 6.32. The summed E-state index contributed by atoms with van der Waals surface area (Å²) in [5.74, 6) is 0.416. The summed E-state index contributed by atoms with van der Waals surface area (Å²) >= 11 is 6.34. The van der Waals surface area contributed by atoms with Gasteiger partial charge in [-0.25, -0.2) is 9.48 Å². The van der Waals surface area contributed by atoms with E-state index in [1.54, 1.807) is 11.1 Å². The van der Waals surface area contributed by atoms with E-state index in [0.29, 0.717) is 44.1 Å². The van der Waals surface area contributed by atoms with E-state index in [2.05, 4.69) is 10.4 Å². The maximum atomic E-state index is 12.7. The van der Waals surface area contributed by atoms with Gasteiger partial charge in [0.25, 0.3) is 5.56 Å². The van der Waals surface area contributed by atoms with Crippen LogP contribution in [0.25, 0.3) is 0 Å². The molecule has 0 aliphatic carbocycles. The molecule has 0 bridgehead atoms. The summed E-state index contributed by atoms with van der Waals surface area (Å²) in [5.41, 5.74) is -0.260. The van der Waals surface area contributed by atoms with Gasteiger partial charge in [-0.1, -0.05) is 11.6 Å². The minimum absolute atomic E-state index is 0.0838. The number of piperidine rings is 1. The topological polar surface area (TPSA) is 85.7 Å². The second kappa shape index (κ2) is 9.34. The third kappa shape index (κ3) is 5.85. The third-order valence-corrected chi connectivity index (χ3v) is 5.61. The van der Waals surface area contributed by atoms with Gasteiger partial charge in [0.1, 0.15) is 10.6 Å². The third-order valence-electron chi connectivity index (χ3n) is 5.24. The molecule has 1 atom stereocenters. The summed E-state index contributed by atoms with van der Waals surface area (Å²) in [5, 5.41) is 7.75. The van der Waals surface area contributed by atoms with Crippen LogP contribution < -0.4 is 10.9 Å². The van der Waals surface area contributed by atoms with E-state index in [9.17, 15) is 9.59 Å². The lowest BCUT2D eigenvalue weighted by atomic mass is 10.0. The first-order valence-electron chi connectivity index (χ1n) is 10.3. The fraction of sp³-hybridized carbons (Fsp3) is 0.750. The molecule has 0 radical (unpaired) electrons. The number of anilines is 1. The van der Waals surface area contributed by atoms with Gasteiger partial charge in [0.15, 0.2) is 0 Å². The zero-order valence-corrected chi connectivity index (χ0v) is 18.2. The van der Waals surface area contributed by atoms with Crippen LogP contribution in [0, 0.1) is 5.92 Å². The van der Waals surface area contributed by atoms with Crippen molar-refractivity contribution in [2.75, 3.05) is 38.2 Å². The number of likely N-dealkylation sites (tertiary alicyclic amines) is 1. The van der Waals surface area contributed by atoms with Crippen molar-refractivity contribution in [3.05, 3.63) is 21.6 Å². The number of rotatable bonds is 4. The fourth-order valence-electron chi connectivity index (χ4n) is 3.67. The molecule has 0 saturated carbocycles. The number of hydrogen-bond acceptors (Lipinski definition) is 6. The molecule has 2 aliphatic heterocycles. The summed E-state index contributed by atoms with van der Waals surface area (Å²) in [7, 11) is 0. The summed E-state index contributed by atoms with van der Waals surface area (Å²) in [6, 6.07) is -0.0838. The number of aromatic nitrogens is 2. The lowest BCUT2D eigenvalue weighted by molar-refractivity contribution is 0.0183. The Morgan fingerprint density at radius 2 is 2.07 bits per heavy atom. The van der Waals surface area contributed by atoms with Crippen LogP contribution in [-0.2, 0) is 9.47 Å². The Balaban J connectivity index is 1.58. The van der Waals surface area contributed by atoms with Crippen LogP contribution in [0.3, 0.4) is 0 Å². The first kappa shape index (κ1) is 21.9. The van der Waals surface area contributed by atoms with Crippen LogP contribution in [0.1, 0.15) is 52.5 Å². The van der Waals surface area contributed by atoms with Crippen molar-refractivity contribution >= 4 is 23.4 Å². The Morgan fingerprint density at radius 1 is 1.34 bits per heavy atom. The smallest absolute Gasteiger partial charge is 0.410 e. The Morgan fingerprint density at radius 3 is 2.69 bits per heavy atom. The molecule has 2 aliphatic rings. The van der Waals surface area contributed by atoms with Crippen molar-refractivity contribution in [2.45, 2.75) is 58.1 Å². The van der Waals surface area contributed by atoms with Crippen molar-refractivity contribution in [3.8, 4) is 0 Å². The van der Waals surface area contributed by atoms with Crippen molar-refractivity contribution in [1.29, 1.82) is 0 Å². The van der Waals surface area contributed by atoms with E-state index in [1.807, 2.05) is 20.8 Å². The van der Waals surface area contributed by atoms with Gasteiger partial charge in [0.05, 0.1) is 24.5 Å². The molecule has 8 nitrogen and oxygen atoms in total. The fourth-order valence-corrected chi connectivity index (χ4v) is 3.87. The minimum Gasteiger partial charge on any atom is -0.444 e. The van der Waals surface area contributed by atoms with Crippen LogP contribution in [0.5, 0.6) is 0 Å². The standard InChI is InChI=1S/C20H31ClN4O4/c1-20(2,3)29-19(27)24-8-6-15(7-9-24)25-18(26)17(21)16(12-23-25)22-11-14-5-4-10-28-13-14/h12,14-15,22H,4-11,13H2,1-3H3. The number of nitrogens with one attached hydrogen (secondary N) is 1. The lowest BCUT2D eigenvalue weighted by Gasteiger charge is -2.33. The maximum Gasteiger partial charge on any atom is 0.410 e. The van der Waals surface area contributed by atoms with Gasteiger partial charge < -0.3 is 19.7 Å². The maximum absolute atomic E-state index is 12.7. The van der Waals surface area contributed by atoms with Gasteiger partial charge in [-0.05, 0) is 52.4 Å². The summed E-state index contributed by atoms with van der Waals surface area (Å²) in [6.45, 7) is 8.84. The molecular weight excluding hydrogens is 396 g/mol. The van der Waals surface area contributed by atoms with Gasteiger partial charge in [-0.15, -0.1) is 0 Å². The van der Waals surface area contributed by atoms with Crippen LogP contribution in [0.4, 0.5) is 10.5 Å². The number of carbonyl (C=O) groups is 1. The molecular formula is C20H31ClN4O4. The van der Waals surface area contributed by atoms with E-state index in [0.717, 1.165) is 26.1 Å². The van der Waals surface area contributed by atoms with Crippen molar-refractivity contribution < 1.29 is 14.3 Å². The molecule has 3 rings (SSSR count). The average molecular weight is 427 g/mol. The Labute approximate surface area is 176 Å². The van der Waals surface area contributed by atoms with Crippen LogP contribution in [0.2, 0.25) is 5.02 Å². The second-order valence-electron chi connectivity index (χ2n) is 8.78. The normalized spacial score (nSPS) is 21.1. The van der Waals surface area contributed by atoms with Gasteiger partial charge >= 0.3 is 6.09 Å². The number of amides is 1. The molecule has 1 N–H and O–H groups in total. The Hall–Kier alpha value is -1.80. The first-order valence-corrected chi connectivity index (χ1v) is 10.7. The predicted octanol–water partition coefficient (Wildman–Crippen LogP) is 3.31. The number of carbonyl (C=O) groups excluding carboxylic acids is 1. The summed E-state index contributed by atoms with van der Waals surface area (Å²) in [6.07, 6.45) is 4.73. The highest BCUT2D eigenvalue weighted by Crippen LogP contribution is 2.24. The molecule has 9 heteroatoms. The van der Waals surface area contributed by atoms with Crippen LogP contribution >= 0.6 is 11.6 Å². The Bertz CT molecular complexity index is 763. The van der Waals surface area contributed by atoms with E-state index < -0.39 is 5.60 Å². The van der Waals surface area contributed by atoms with E-state index in [-0.39, 0.29) is 22.7 Å². The number of hydrogen-bond donors (Lipinski definition) is 1. The van der Waals surface area contributed by atoms with Crippen LogP contribution in [0.15, 0.2) is 11.0 Å². The number of halogens is 1. The molecule has 1 aromatic rings.